The van der Waals surface area contributed by atoms with Gasteiger partial charge in [-0.2, -0.15) is 4.98 Å². The fourth-order valence-corrected chi connectivity index (χ4v) is 3.43. The number of nitrogens with zero attached hydrogens (tertiary/aromatic N) is 2. The Bertz CT molecular complexity index is 981. The third-order valence-corrected chi connectivity index (χ3v) is 5.27. The lowest BCUT2D eigenvalue weighted by Crippen LogP contribution is -2.26. The second kappa shape index (κ2) is 7.71. The Labute approximate surface area is 154 Å². The molecule has 0 saturated heterocycles. The molecule has 0 aliphatic carbocycles. The van der Waals surface area contributed by atoms with Gasteiger partial charge in [-0.15, -0.1) is 0 Å². The van der Waals surface area contributed by atoms with Crippen molar-refractivity contribution in [1.82, 2.24) is 15.5 Å². The van der Waals surface area contributed by atoms with Gasteiger partial charge in [0.15, 0.2) is 15.7 Å². The molecule has 0 fully saturated rings. The lowest BCUT2D eigenvalue weighted by molar-refractivity contribution is 0.0910. The van der Waals surface area contributed by atoms with E-state index in [4.69, 9.17) is 20.5 Å². The van der Waals surface area contributed by atoms with Gasteiger partial charge in [0.05, 0.1) is 11.2 Å². The number of amides is 1. The summed E-state index contributed by atoms with van der Waals surface area (Å²) in [4.78, 5) is 15.9. The van der Waals surface area contributed by atoms with Gasteiger partial charge >= 0.3 is 11.8 Å². The Hall–Kier alpha value is -2.65. The summed E-state index contributed by atoms with van der Waals surface area (Å²) in [7, 11) is -3.68. The number of carbonyl (C=O) groups excluding carboxylic acids is 1. The summed E-state index contributed by atoms with van der Waals surface area (Å²) in [5.41, 5.74) is 0. The van der Waals surface area contributed by atoms with Crippen molar-refractivity contribution < 1.29 is 22.2 Å². The summed E-state index contributed by atoms with van der Waals surface area (Å²) in [6.07, 6.45) is 2.05. The van der Waals surface area contributed by atoms with Gasteiger partial charge in [0.2, 0.25) is 0 Å². The predicted octanol–water partition coefficient (Wildman–Crippen LogP) is 2.26. The number of carbonyl (C=O) groups is 1. The van der Waals surface area contributed by atoms with Crippen molar-refractivity contribution in [3.63, 3.8) is 0 Å². The van der Waals surface area contributed by atoms with Crippen molar-refractivity contribution in [3.05, 3.63) is 65.2 Å². The van der Waals surface area contributed by atoms with E-state index in [1.807, 2.05) is 0 Å². The third kappa shape index (κ3) is 4.50. The fourth-order valence-electron chi connectivity index (χ4n) is 2.13. The van der Waals surface area contributed by atoms with Gasteiger partial charge in [-0.25, -0.2) is 8.42 Å². The highest BCUT2D eigenvalue weighted by atomic mass is 35.5. The van der Waals surface area contributed by atoms with Crippen molar-refractivity contribution in [3.8, 4) is 0 Å². The zero-order valence-electron chi connectivity index (χ0n) is 13.4. The average Bonchev–Trinajstić information content (AvgIpc) is 3.27. The summed E-state index contributed by atoms with van der Waals surface area (Å²) in [5.74, 6) is -0.746. The van der Waals surface area contributed by atoms with Gasteiger partial charge < -0.3 is 14.3 Å². The molecule has 0 aliphatic heterocycles. The van der Waals surface area contributed by atoms with E-state index in [0.29, 0.717) is 18.0 Å². The minimum atomic E-state index is -3.68. The minimum Gasteiger partial charge on any atom is -0.469 e. The molecule has 3 rings (SSSR count). The molecule has 0 atom stereocenters. The van der Waals surface area contributed by atoms with Crippen LogP contribution in [0.4, 0.5) is 0 Å². The van der Waals surface area contributed by atoms with Crippen LogP contribution in [-0.2, 0) is 22.0 Å². The maximum Gasteiger partial charge on any atom is 0.315 e. The zero-order valence-corrected chi connectivity index (χ0v) is 15.0. The van der Waals surface area contributed by atoms with Gasteiger partial charge in [-0.1, -0.05) is 16.8 Å². The van der Waals surface area contributed by atoms with E-state index in [9.17, 15) is 13.2 Å². The van der Waals surface area contributed by atoms with Gasteiger partial charge in [-0.05, 0) is 36.4 Å². The van der Waals surface area contributed by atoms with E-state index in [1.54, 1.807) is 18.4 Å². The highest BCUT2D eigenvalue weighted by Crippen LogP contribution is 2.18. The molecule has 0 aliphatic rings. The normalized spacial score (nSPS) is 11.4. The maximum absolute atomic E-state index is 12.3. The molecule has 3 aromatic rings. The molecule has 1 amide bonds. The number of nitrogens with one attached hydrogen (secondary N) is 1. The molecule has 2 aromatic heterocycles. The molecule has 10 heteroatoms. The summed E-state index contributed by atoms with van der Waals surface area (Å²) < 4.78 is 34.6. The summed E-state index contributed by atoms with van der Waals surface area (Å²) in [5, 5.41) is 6.57. The number of rotatable bonds is 7. The largest absolute Gasteiger partial charge is 0.469 e. The zero-order chi connectivity index (χ0) is 18.6. The van der Waals surface area contributed by atoms with E-state index >= 15 is 0 Å². The SMILES string of the molecule is O=C(NCCc1ccco1)c1nc(CS(=O)(=O)c2ccc(Cl)cc2)no1. The molecule has 0 unspecified atom stereocenters. The van der Waals surface area contributed by atoms with Gasteiger partial charge in [0, 0.05) is 18.0 Å². The average molecular weight is 396 g/mol. The molecule has 0 radical (unpaired) electrons. The second-order valence-corrected chi connectivity index (χ2v) is 7.74. The number of hydrogen-bond acceptors (Lipinski definition) is 7. The van der Waals surface area contributed by atoms with Crippen LogP contribution in [0.15, 0.2) is 56.5 Å². The van der Waals surface area contributed by atoms with Gasteiger partial charge in [0.1, 0.15) is 11.5 Å². The van der Waals surface area contributed by atoms with Crippen LogP contribution >= 0.6 is 11.6 Å². The highest BCUT2D eigenvalue weighted by molar-refractivity contribution is 7.90. The van der Waals surface area contributed by atoms with Crippen molar-refractivity contribution in [2.24, 2.45) is 0 Å². The lowest BCUT2D eigenvalue weighted by Gasteiger charge is -2.01. The van der Waals surface area contributed by atoms with Crippen LogP contribution in [0, 0.1) is 0 Å². The molecule has 1 N–H and O–H groups in total. The van der Waals surface area contributed by atoms with Crippen molar-refractivity contribution in [2.45, 2.75) is 17.1 Å². The van der Waals surface area contributed by atoms with Gasteiger partial charge in [0.25, 0.3) is 0 Å². The molecule has 8 nitrogen and oxygen atoms in total. The van der Waals surface area contributed by atoms with E-state index in [2.05, 4.69) is 15.5 Å². The van der Waals surface area contributed by atoms with Crippen molar-refractivity contribution >= 4 is 27.3 Å². The van der Waals surface area contributed by atoms with Crippen LogP contribution in [0.2, 0.25) is 5.02 Å². The lowest BCUT2D eigenvalue weighted by atomic mass is 10.3. The van der Waals surface area contributed by atoms with Crippen LogP contribution in [0.5, 0.6) is 0 Å². The Morgan fingerprint density at radius 1 is 1.19 bits per heavy atom. The van der Waals surface area contributed by atoms with E-state index in [1.165, 1.54) is 24.3 Å². The first kappa shape index (κ1) is 18.2. The Kier molecular flexibility index (Phi) is 5.38. The quantitative estimate of drug-likeness (QED) is 0.652. The van der Waals surface area contributed by atoms with E-state index in [0.717, 1.165) is 5.76 Å². The molecular weight excluding hydrogens is 382 g/mol. The number of hydrogen-bond donors (Lipinski definition) is 1. The van der Waals surface area contributed by atoms with Gasteiger partial charge in [-0.3, -0.25) is 4.79 Å². The van der Waals surface area contributed by atoms with Crippen LogP contribution in [0.1, 0.15) is 22.3 Å². The fraction of sp³-hybridized carbons (Fsp3) is 0.188. The van der Waals surface area contributed by atoms with E-state index in [-0.39, 0.29) is 16.6 Å². The number of furan rings is 1. The Morgan fingerprint density at radius 2 is 1.96 bits per heavy atom. The molecular formula is C16H14ClN3O5S. The second-order valence-electron chi connectivity index (χ2n) is 5.31. The molecule has 0 bridgehead atoms. The molecule has 0 spiro atoms. The Balaban J connectivity index is 1.60. The monoisotopic (exact) mass is 395 g/mol. The number of sulfone groups is 1. The Morgan fingerprint density at radius 3 is 2.65 bits per heavy atom. The van der Waals surface area contributed by atoms with E-state index < -0.39 is 21.5 Å². The predicted molar refractivity (Wildman–Crippen MR) is 91.4 cm³/mol. The summed E-state index contributed by atoms with van der Waals surface area (Å²) >= 11 is 5.75. The summed E-state index contributed by atoms with van der Waals surface area (Å²) in [6, 6.07) is 9.27. The molecule has 0 saturated carbocycles. The van der Waals surface area contributed by atoms with Crippen molar-refractivity contribution in [1.29, 1.82) is 0 Å². The molecule has 2 heterocycles. The smallest absolute Gasteiger partial charge is 0.315 e. The first-order valence-corrected chi connectivity index (χ1v) is 9.58. The maximum atomic E-state index is 12.3. The number of aromatic nitrogens is 2. The first-order chi connectivity index (χ1) is 12.4. The highest BCUT2D eigenvalue weighted by Gasteiger charge is 2.21. The number of benzene rings is 1. The minimum absolute atomic E-state index is 0.0798. The summed E-state index contributed by atoms with van der Waals surface area (Å²) in [6.45, 7) is 0.313. The molecule has 1 aromatic carbocycles. The molecule has 26 heavy (non-hydrogen) atoms. The topological polar surface area (TPSA) is 115 Å². The number of halogens is 1. The van der Waals surface area contributed by atoms with Crippen molar-refractivity contribution in [2.75, 3.05) is 6.54 Å². The van der Waals surface area contributed by atoms with Crippen LogP contribution < -0.4 is 5.32 Å². The standard InChI is InChI=1S/C16H14ClN3O5S/c17-11-3-5-13(6-4-11)26(22,23)10-14-19-16(25-20-14)15(21)18-8-7-12-2-1-9-24-12/h1-6,9H,7-8,10H2,(H,18,21). The van der Waals surface area contributed by atoms with Crippen LogP contribution in [-0.4, -0.2) is 31.0 Å². The molecule has 136 valence electrons. The third-order valence-electron chi connectivity index (χ3n) is 3.39. The van der Waals surface area contributed by atoms with Crippen LogP contribution in [0.3, 0.4) is 0 Å². The van der Waals surface area contributed by atoms with Crippen LogP contribution in [0.25, 0.3) is 0 Å². The first-order valence-electron chi connectivity index (χ1n) is 7.55.